The first-order valence-electron chi connectivity index (χ1n) is 8.84. The minimum Gasteiger partial charge on any atom is -0.496 e. The number of benzene rings is 2. The molecule has 1 N–H and O–H groups in total. The highest BCUT2D eigenvalue weighted by Crippen LogP contribution is 2.27. The van der Waals surface area contributed by atoms with Crippen molar-refractivity contribution in [3.8, 4) is 11.8 Å². The number of nitriles is 1. The van der Waals surface area contributed by atoms with Crippen LogP contribution in [0.2, 0.25) is 0 Å². The lowest BCUT2D eigenvalue weighted by Gasteiger charge is -2.34. The van der Waals surface area contributed by atoms with Gasteiger partial charge in [0.15, 0.2) is 0 Å². The predicted octanol–water partition coefficient (Wildman–Crippen LogP) is 2.67. The summed E-state index contributed by atoms with van der Waals surface area (Å²) in [5.41, 5.74) is 2.80. The molecule has 0 spiro atoms. The molecule has 1 unspecified atom stereocenters. The fourth-order valence-electron chi connectivity index (χ4n) is 3.29. The molecule has 0 saturated carbocycles. The minimum absolute atomic E-state index is 0.0822. The molecule has 0 bridgehead atoms. The third-order valence-corrected chi connectivity index (χ3v) is 4.75. The van der Waals surface area contributed by atoms with Crippen LogP contribution in [0.4, 0.5) is 0 Å². The van der Waals surface area contributed by atoms with Gasteiger partial charge in [0.25, 0.3) is 0 Å². The van der Waals surface area contributed by atoms with Gasteiger partial charge in [0.1, 0.15) is 5.75 Å². The van der Waals surface area contributed by atoms with Crippen LogP contribution in [0, 0.1) is 11.3 Å². The second kappa shape index (κ2) is 8.50. The molecule has 1 atom stereocenters. The van der Waals surface area contributed by atoms with Gasteiger partial charge in [-0.15, -0.1) is 0 Å². The maximum absolute atomic E-state index is 12.6. The van der Waals surface area contributed by atoms with E-state index in [2.05, 4.69) is 11.4 Å². The molecule has 1 heterocycles. The Bertz CT molecular complexity index is 796. The van der Waals surface area contributed by atoms with Crippen molar-refractivity contribution in [2.45, 2.75) is 18.9 Å². The number of aryl methyl sites for hydroxylation is 1. The number of hydrogen-bond donors (Lipinski definition) is 1. The van der Waals surface area contributed by atoms with Crippen LogP contribution in [0.15, 0.2) is 48.5 Å². The third kappa shape index (κ3) is 4.22. The molecule has 2 aromatic rings. The lowest BCUT2D eigenvalue weighted by molar-refractivity contribution is -0.132. The van der Waals surface area contributed by atoms with E-state index in [9.17, 15) is 4.79 Å². The molecule has 3 rings (SSSR count). The summed E-state index contributed by atoms with van der Waals surface area (Å²) in [6.45, 7) is 2.13. The van der Waals surface area contributed by atoms with E-state index < -0.39 is 0 Å². The highest BCUT2D eigenvalue weighted by molar-refractivity contribution is 5.76. The summed E-state index contributed by atoms with van der Waals surface area (Å²) < 4.78 is 5.45. The summed E-state index contributed by atoms with van der Waals surface area (Å²) in [5.74, 6) is 1.01. The maximum Gasteiger partial charge on any atom is 0.223 e. The molecule has 1 fully saturated rings. The number of carbonyl (C=O) groups is 1. The molecule has 5 heteroatoms. The van der Waals surface area contributed by atoms with Crippen LogP contribution in [0.5, 0.6) is 5.75 Å². The maximum atomic E-state index is 12.6. The SMILES string of the molecule is COc1ccccc1C1CN(C(=O)CCc2ccc(C#N)cc2)CCN1. The molecular formula is C21H23N3O2. The van der Waals surface area contributed by atoms with Crippen LogP contribution >= 0.6 is 0 Å². The van der Waals surface area contributed by atoms with E-state index in [0.717, 1.165) is 30.0 Å². The predicted molar refractivity (Wildman–Crippen MR) is 99.8 cm³/mol. The Morgan fingerprint density at radius 2 is 2.04 bits per heavy atom. The summed E-state index contributed by atoms with van der Waals surface area (Å²) >= 11 is 0. The van der Waals surface area contributed by atoms with Crippen molar-refractivity contribution in [1.29, 1.82) is 5.26 Å². The molecule has 5 nitrogen and oxygen atoms in total. The van der Waals surface area contributed by atoms with Crippen molar-refractivity contribution < 1.29 is 9.53 Å². The van der Waals surface area contributed by atoms with Crippen LogP contribution in [-0.2, 0) is 11.2 Å². The van der Waals surface area contributed by atoms with Gasteiger partial charge in [-0.2, -0.15) is 5.26 Å². The van der Waals surface area contributed by atoms with Crippen molar-refractivity contribution in [2.75, 3.05) is 26.7 Å². The van der Waals surface area contributed by atoms with Gasteiger partial charge in [-0.05, 0) is 30.2 Å². The highest BCUT2D eigenvalue weighted by atomic mass is 16.5. The number of nitrogens with one attached hydrogen (secondary N) is 1. The van der Waals surface area contributed by atoms with E-state index in [0.29, 0.717) is 24.9 Å². The van der Waals surface area contributed by atoms with Crippen LogP contribution in [0.1, 0.15) is 29.2 Å². The van der Waals surface area contributed by atoms with Crippen LogP contribution in [0.3, 0.4) is 0 Å². The van der Waals surface area contributed by atoms with Crippen molar-refractivity contribution in [2.24, 2.45) is 0 Å². The summed E-state index contributed by atoms with van der Waals surface area (Å²) in [6, 6.07) is 17.5. The van der Waals surface area contributed by atoms with E-state index in [4.69, 9.17) is 10.00 Å². The number of rotatable bonds is 5. The standard InChI is InChI=1S/C21H23N3O2/c1-26-20-5-3-2-4-18(20)19-15-24(13-12-23-19)21(25)11-10-16-6-8-17(14-22)9-7-16/h2-9,19,23H,10-13,15H2,1H3. The smallest absolute Gasteiger partial charge is 0.223 e. The fourth-order valence-corrected chi connectivity index (χ4v) is 3.29. The summed E-state index contributed by atoms with van der Waals surface area (Å²) in [6.07, 6.45) is 1.17. The van der Waals surface area contributed by atoms with E-state index in [-0.39, 0.29) is 11.9 Å². The third-order valence-electron chi connectivity index (χ3n) is 4.75. The van der Waals surface area contributed by atoms with Gasteiger partial charge >= 0.3 is 0 Å². The monoisotopic (exact) mass is 349 g/mol. The zero-order chi connectivity index (χ0) is 18.4. The van der Waals surface area contributed by atoms with Gasteiger partial charge in [0.2, 0.25) is 5.91 Å². The topological polar surface area (TPSA) is 65.4 Å². The Labute approximate surface area is 154 Å². The van der Waals surface area contributed by atoms with Gasteiger partial charge in [-0.3, -0.25) is 4.79 Å². The van der Waals surface area contributed by atoms with Crippen LogP contribution in [0.25, 0.3) is 0 Å². The van der Waals surface area contributed by atoms with Gasteiger partial charge in [0, 0.05) is 31.6 Å². The Kier molecular flexibility index (Phi) is 5.88. The molecule has 26 heavy (non-hydrogen) atoms. The van der Waals surface area contributed by atoms with Gasteiger partial charge in [-0.1, -0.05) is 30.3 Å². The van der Waals surface area contributed by atoms with Crippen molar-refractivity contribution >= 4 is 5.91 Å². The molecule has 2 aromatic carbocycles. The number of carbonyl (C=O) groups excluding carboxylic acids is 1. The number of piperazine rings is 1. The Morgan fingerprint density at radius 1 is 1.27 bits per heavy atom. The second-order valence-electron chi connectivity index (χ2n) is 6.40. The van der Waals surface area contributed by atoms with Gasteiger partial charge < -0.3 is 15.0 Å². The molecule has 1 aliphatic rings. The van der Waals surface area contributed by atoms with Crippen LogP contribution in [-0.4, -0.2) is 37.6 Å². The number of nitrogens with zero attached hydrogens (tertiary/aromatic N) is 2. The van der Waals surface area contributed by atoms with E-state index >= 15 is 0 Å². The van der Waals surface area contributed by atoms with Gasteiger partial charge in [0.05, 0.1) is 24.8 Å². The van der Waals surface area contributed by atoms with Crippen molar-refractivity contribution in [3.63, 3.8) is 0 Å². The Hall–Kier alpha value is -2.84. The zero-order valence-corrected chi connectivity index (χ0v) is 14.9. The van der Waals surface area contributed by atoms with Crippen molar-refractivity contribution in [1.82, 2.24) is 10.2 Å². The normalized spacial score (nSPS) is 16.8. The van der Waals surface area contributed by atoms with Crippen LogP contribution < -0.4 is 10.1 Å². The zero-order valence-electron chi connectivity index (χ0n) is 14.9. The Morgan fingerprint density at radius 3 is 2.77 bits per heavy atom. The van der Waals surface area contributed by atoms with E-state index in [1.807, 2.05) is 41.3 Å². The summed E-state index contributed by atoms with van der Waals surface area (Å²) in [4.78, 5) is 14.6. The number of methoxy groups -OCH3 is 1. The lowest BCUT2D eigenvalue weighted by Crippen LogP contribution is -2.48. The molecule has 0 aliphatic carbocycles. The van der Waals surface area contributed by atoms with Crippen molar-refractivity contribution in [3.05, 3.63) is 65.2 Å². The average molecular weight is 349 g/mol. The number of para-hydroxylation sites is 1. The second-order valence-corrected chi connectivity index (χ2v) is 6.40. The molecule has 134 valence electrons. The first-order chi connectivity index (χ1) is 12.7. The lowest BCUT2D eigenvalue weighted by atomic mass is 10.0. The summed E-state index contributed by atoms with van der Waals surface area (Å²) in [7, 11) is 1.67. The first-order valence-corrected chi connectivity index (χ1v) is 8.84. The fraction of sp³-hybridized carbons (Fsp3) is 0.333. The van der Waals surface area contributed by atoms with E-state index in [1.54, 1.807) is 19.2 Å². The largest absolute Gasteiger partial charge is 0.496 e. The number of ether oxygens (including phenoxy) is 1. The molecule has 0 radical (unpaired) electrons. The molecule has 1 aliphatic heterocycles. The van der Waals surface area contributed by atoms with Gasteiger partial charge in [-0.25, -0.2) is 0 Å². The highest BCUT2D eigenvalue weighted by Gasteiger charge is 2.25. The molecule has 1 saturated heterocycles. The molecule has 0 aromatic heterocycles. The average Bonchev–Trinajstić information content (AvgIpc) is 2.72. The molecular weight excluding hydrogens is 326 g/mol. The Balaban J connectivity index is 1.60. The quantitative estimate of drug-likeness (QED) is 0.901. The summed E-state index contributed by atoms with van der Waals surface area (Å²) in [5, 5.41) is 12.3. The minimum atomic E-state index is 0.0822. The van der Waals surface area contributed by atoms with E-state index in [1.165, 1.54) is 0 Å². The molecule has 1 amide bonds. The number of amides is 1. The first kappa shape index (κ1) is 18.0. The number of hydrogen-bond acceptors (Lipinski definition) is 4.